The Morgan fingerprint density at radius 1 is 1.36 bits per heavy atom. The summed E-state index contributed by atoms with van der Waals surface area (Å²) in [6.07, 6.45) is 1.38. The van der Waals surface area contributed by atoms with E-state index in [1.165, 1.54) is 19.9 Å². The van der Waals surface area contributed by atoms with E-state index in [0.29, 0.717) is 4.90 Å². The average Bonchev–Trinajstić information content (AvgIpc) is 2.04. The third-order valence-electron chi connectivity index (χ3n) is 1.52. The Labute approximate surface area is 82.1 Å². The molecule has 0 aliphatic carbocycles. The molecule has 1 N–H and O–H groups in total. The summed E-state index contributed by atoms with van der Waals surface area (Å²) in [6, 6.07) is 1.73. The van der Waals surface area contributed by atoms with Crippen molar-refractivity contribution in [3.63, 3.8) is 0 Å². The number of carbonyl (C=O) groups excluding carboxylic acids is 2. The molecule has 74 valence electrons. The fourth-order valence-corrected chi connectivity index (χ4v) is 0.911. The van der Waals surface area contributed by atoms with E-state index in [-0.39, 0.29) is 11.4 Å². The van der Waals surface area contributed by atoms with Gasteiger partial charge in [0.2, 0.25) is 11.8 Å². The molecule has 14 heavy (non-hydrogen) atoms. The van der Waals surface area contributed by atoms with Gasteiger partial charge in [0.25, 0.3) is 0 Å². The fraction of sp³-hybridized carbons (Fsp3) is 0.333. The minimum Gasteiger partial charge on any atom is -0.283 e. The molecule has 0 aliphatic heterocycles. The first kappa shape index (κ1) is 12.0. The molecule has 5 heteroatoms. The van der Waals surface area contributed by atoms with Crippen LogP contribution in [0.1, 0.15) is 20.8 Å². The first-order valence-corrected chi connectivity index (χ1v) is 3.92. The van der Waals surface area contributed by atoms with Crippen LogP contribution in [-0.2, 0) is 9.59 Å². The van der Waals surface area contributed by atoms with E-state index in [4.69, 9.17) is 10.7 Å². The number of amides is 2. The van der Waals surface area contributed by atoms with Gasteiger partial charge in [-0.15, -0.1) is 0 Å². The van der Waals surface area contributed by atoms with Crippen molar-refractivity contribution in [1.82, 2.24) is 4.90 Å². The minimum absolute atomic E-state index is 0.00426. The van der Waals surface area contributed by atoms with E-state index in [9.17, 15) is 9.59 Å². The number of nitrogens with zero attached hydrogens (tertiary/aromatic N) is 2. The standard InChI is InChI=1S/C9H11N3O2/c1-4-8(5-10)9(11)12(6(2)13)7(3)14/h4,11H,1-3H3/b8-4-,11-9?. The van der Waals surface area contributed by atoms with Crippen LogP contribution in [0.5, 0.6) is 0 Å². The van der Waals surface area contributed by atoms with Crippen LogP contribution in [0.4, 0.5) is 0 Å². The molecule has 0 aromatic rings. The van der Waals surface area contributed by atoms with Crippen LogP contribution in [0.2, 0.25) is 0 Å². The zero-order valence-electron chi connectivity index (χ0n) is 8.29. The highest BCUT2D eigenvalue weighted by atomic mass is 16.2. The van der Waals surface area contributed by atoms with Gasteiger partial charge < -0.3 is 0 Å². The zero-order valence-corrected chi connectivity index (χ0v) is 8.29. The smallest absolute Gasteiger partial charge is 0.231 e. The monoisotopic (exact) mass is 193 g/mol. The second kappa shape index (κ2) is 4.92. The van der Waals surface area contributed by atoms with Gasteiger partial charge in [0.15, 0.2) is 5.84 Å². The van der Waals surface area contributed by atoms with Crippen molar-refractivity contribution in [1.29, 1.82) is 10.7 Å². The quantitative estimate of drug-likeness (QED) is 0.380. The summed E-state index contributed by atoms with van der Waals surface area (Å²) in [5, 5.41) is 16.1. The topological polar surface area (TPSA) is 85.0 Å². The predicted octanol–water partition coefficient (Wildman–Crippen LogP) is 0.829. The van der Waals surface area contributed by atoms with Crippen LogP contribution in [0.15, 0.2) is 11.6 Å². The van der Waals surface area contributed by atoms with Gasteiger partial charge >= 0.3 is 0 Å². The van der Waals surface area contributed by atoms with Crippen molar-refractivity contribution >= 4 is 17.6 Å². The molecule has 0 radical (unpaired) electrons. The minimum atomic E-state index is -0.572. The number of allylic oxidation sites excluding steroid dienone is 1. The van der Waals surface area contributed by atoms with Crippen LogP contribution in [-0.4, -0.2) is 22.5 Å². The van der Waals surface area contributed by atoms with Crippen molar-refractivity contribution in [3.05, 3.63) is 11.6 Å². The summed E-state index contributed by atoms with van der Waals surface area (Å²) < 4.78 is 0. The maximum absolute atomic E-state index is 11.0. The highest BCUT2D eigenvalue weighted by molar-refractivity contribution is 6.17. The predicted molar refractivity (Wildman–Crippen MR) is 50.3 cm³/mol. The van der Waals surface area contributed by atoms with E-state index >= 15 is 0 Å². The number of amidine groups is 1. The lowest BCUT2D eigenvalue weighted by Gasteiger charge is -2.16. The SMILES string of the molecule is C/C=C(/C#N)C(=N)N(C(C)=O)C(C)=O. The van der Waals surface area contributed by atoms with Crippen LogP contribution >= 0.6 is 0 Å². The molecule has 0 saturated heterocycles. The molecule has 0 fully saturated rings. The molecular formula is C9H11N3O2. The van der Waals surface area contributed by atoms with Gasteiger partial charge in [-0.1, -0.05) is 6.08 Å². The average molecular weight is 193 g/mol. The van der Waals surface area contributed by atoms with Crippen LogP contribution in [0.25, 0.3) is 0 Å². The molecule has 2 amide bonds. The van der Waals surface area contributed by atoms with E-state index in [1.807, 2.05) is 0 Å². The number of hydrogen-bond donors (Lipinski definition) is 1. The molecule has 0 rings (SSSR count). The van der Waals surface area contributed by atoms with E-state index in [0.717, 1.165) is 0 Å². The molecule has 0 aromatic carbocycles. The lowest BCUT2D eigenvalue weighted by molar-refractivity contribution is -0.137. The maximum Gasteiger partial charge on any atom is 0.231 e. The molecule has 0 saturated carbocycles. The van der Waals surface area contributed by atoms with Gasteiger partial charge in [-0.3, -0.25) is 15.0 Å². The highest BCUT2D eigenvalue weighted by Crippen LogP contribution is 2.02. The third kappa shape index (κ3) is 2.52. The maximum atomic E-state index is 11.0. The van der Waals surface area contributed by atoms with Crippen molar-refractivity contribution < 1.29 is 9.59 Å². The molecule has 0 aromatic heterocycles. The second-order valence-electron chi connectivity index (χ2n) is 2.54. The normalized spacial score (nSPS) is 10.3. The van der Waals surface area contributed by atoms with Gasteiger partial charge in [0.1, 0.15) is 6.07 Å². The summed E-state index contributed by atoms with van der Waals surface area (Å²) in [5.74, 6) is -1.52. The molecule has 0 atom stereocenters. The number of carbonyl (C=O) groups is 2. The number of rotatable bonds is 1. The number of nitriles is 1. The summed E-state index contributed by atoms with van der Waals surface area (Å²) in [6.45, 7) is 3.90. The van der Waals surface area contributed by atoms with Gasteiger partial charge in [-0.2, -0.15) is 5.26 Å². The Balaban J connectivity index is 5.09. The third-order valence-corrected chi connectivity index (χ3v) is 1.52. The van der Waals surface area contributed by atoms with Crippen molar-refractivity contribution in [3.8, 4) is 6.07 Å². The number of hydrogen-bond acceptors (Lipinski definition) is 4. The van der Waals surface area contributed by atoms with Gasteiger partial charge in [-0.25, -0.2) is 4.90 Å². The largest absolute Gasteiger partial charge is 0.283 e. The lowest BCUT2D eigenvalue weighted by Crippen LogP contribution is -2.39. The Morgan fingerprint density at radius 3 is 2.00 bits per heavy atom. The number of imide groups is 1. The van der Waals surface area contributed by atoms with Crippen molar-refractivity contribution in [2.24, 2.45) is 0 Å². The first-order chi connectivity index (χ1) is 6.45. The molecule has 5 nitrogen and oxygen atoms in total. The van der Waals surface area contributed by atoms with Gasteiger partial charge in [-0.05, 0) is 6.92 Å². The Hall–Kier alpha value is -1.96. The van der Waals surface area contributed by atoms with Gasteiger partial charge in [0, 0.05) is 13.8 Å². The summed E-state index contributed by atoms with van der Waals surface area (Å²) >= 11 is 0. The van der Waals surface area contributed by atoms with Crippen molar-refractivity contribution in [2.75, 3.05) is 0 Å². The lowest BCUT2D eigenvalue weighted by atomic mass is 10.2. The van der Waals surface area contributed by atoms with Crippen LogP contribution in [0, 0.1) is 16.7 Å². The molecule has 0 unspecified atom stereocenters. The first-order valence-electron chi connectivity index (χ1n) is 3.92. The molecule has 0 heterocycles. The summed E-state index contributed by atoms with van der Waals surface area (Å²) in [7, 11) is 0. The van der Waals surface area contributed by atoms with E-state index in [1.54, 1.807) is 13.0 Å². The summed E-state index contributed by atoms with van der Waals surface area (Å²) in [5.41, 5.74) is -0.00426. The van der Waals surface area contributed by atoms with Crippen molar-refractivity contribution in [2.45, 2.75) is 20.8 Å². The Kier molecular flexibility index (Phi) is 4.23. The van der Waals surface area contributed by atoms with E-state index < -0.39 is 11.8 Å². The van der Waals surface area contributed by atoms with Gasteiger partial charge in [0.05, 0.1) is 5.57 Å². The zero-order chi connectivity index (χ0) is 11.3. The molecular weight excluding hydrogens is 182 g/mol. The highest BCUT2D eigenvalue weighted by Gasteiger charge is 2.21. The Bertz CT molecular complexity index is 336. The number of nitrogens with one attached hydrogen (secondary N) is 1. The molecule has 0 spiro atoms. The van der Waals surface area contributed by atoms with E-state index in [2.05, 4.69) is 0 Å². The fourth-order valence-electron chi connectivity index (χ4n) is 0.911. The Morgan fingerprint density at radius 2 is 1.79 bits per heavy atom. The van der Waals surface area contributed by atoms with Crippen LogP contribution in [0.3, 0.4) is 0 Å². The van der Waals surface area contributed by atoms with Crippen LogP contribution < -0.4 is 0 Å². The molecule has 0 aliphatic rings. The molecule has 0 bridgehead atoms. The summed E-state index contributed by atoms with van der Waals surface area (Å²) in [4.78, 5) is 22.6. The second-order valence-corrected chi connectivity index (χ2v) is 2.54.